The van der Waals surface area contributed by atoms with E-state index in [2.05, 4.69) is 15.9 Å². The molecule has 0 radical (unpaired) electrons. The molecule has 3 heteroatoms. The number of furan rings is 1. The summed E-state index contributed by atoms with van der Waals surface area (Å²) in [6.07, 6.45) is 3.18. The summed E-state index contributed by atoms with van der Waals surface area (Å²) in [5.41, 5.74) is 1.87. The molecule has 0 saturated carbocycles. The smallest absolute Gasteiger partial charge is 0.0960 e. The highest BCUT2D eigenvalue weighted by molar-refractivity contribution is 9.08. The fourth-order valence-corrected chi connectivity index (χ4v) is 1.10. The Kier molecular flexibility index (Phi) is 2.30. The number of hydrogen-bond acceptors (Lipinski definition) is 2. The minimum absolute atomic E-state index is 0.0530. The summed E-state index contributed by atoms with van der Waals surface area (Å²) in [4.78, 5) is 0. The van der Waals surface area contributed by atoms with Gasteiger partial charge >= 0.3 is 0 Å². The van der Waals surface area contributed by atoms with Gasteiger partial charge in [-0.3, -0.25) is 0 Å². The molecule has 0 atom stereocenters. The lowest BCUT2D eigenvalue weighted by atomic mass is 10.2. The van der Waals surface area contributed by atoms with Crippen LogP contribution in [-0.2, 0) is 11.9 Å². The highest BCUT2D eigenvalue weighted by Gasteiger charge is 2.00. The molecule has 1 heterocycles. The molecule has 0 saturated heterocycles. The third-order valence-electron chi connectivity index (χ3n) is 1.15. The first-order valence-electron chi connectivity index (χ1n) is 2.59. The van der Waals surface area contributed by atoms with Crippen LogP contribution in [0.5, 0.6) is 0 Å². The molecule has 9 heavy (non-hydrogen) atoms. The number of aliphatic hydroxyl groups excluding tert-OH is 1. The Bertz CT molecular complexity index is 164. The summed E-state index contributed by atoms with van der Waals surface area (Å²) < 4.78 is 4.84. The van der Waals surface area contributed by atoms with Crippen molar-refractivity contribution in [1.82, 2.24) is 0 Å². The van der Waals surface area contributed by atoms with Crippen molar-refractivity contribution < 1.29 is 9.52 Å². The second kappa shape index (κ2) is 3.03. The van der Waals surface area contributed by atoms with Gasteiger partial charge in [0.2, 0.25) is 0 Å². The molecule has 1 aromatic heterocycles. The number of alkyl halides is 1. The van der Waals surface area contributed by atoms with Crippen LogP contribution in [0, 0.1) is 0 Å². The van der Waals surface area contributed by atoms with Crippen molar-refractivity contribution in [3.05, 3.63) is 23.7 Å². The quantitative estimate of drug-likeness (QED) is 0.721. The molecule has 0 aliphatic carbocycles. The van der Waals surface area contributed by atoms with Crippen molar-refractivity contribution in [3.63, 3.8) is 0 Å². The summed E-state index contributed by atoms with van der Waals surface area (Å²) in [6.45, 7) is 0.0530. The SMILES string of the molecule is OCc1cocc1CBr. The maximum atomic E-state index is 8.66. The number of aliphatic hydroxyl groups is 1. The van der Waals surface area contributed by atoms with Gasteiger partial charge < -0.3 is 9.52 Å². The molecule has 2 nitrogen and oxygen atoms in total. The van der Waals surface area contributed by atoms with Gasteiger partial charge in [-0.1, -0.05) is 15.9 Å². The molecule has 0 aromatic carbocycles. The Morgan fingerprint density at radius 1 is 1.44 bits per heavy atom. The van der Waals surface area contributed by atoms with Crippen LogP contribution in [0.4, 0.5) is 0 Å². The summed E-state index contributed by atoms with van der Waals surface area (Å²) >= 11 is 3.26. The fraction of sp³-hybridized carbons (Fsp3) is 0.333. The molecular formula is C6H7BrO2. The van der Waals surface area contributed by atoms with E-state index >= 15 is 0 Å². The Hall–Kier alpha value is -0.280. The topological polar surface area (TPSA) is 33.4 Å². The van der Waals surface area contributed by atoms with Crippen molar-refractivity contribution >= 4 is 15.9 Å². The zero-order valence-corrected chi connectivity index (χ0v) is 6.39. The second-order valence-corrected chi connectivity index (χ2v) is 2.27. The summed E-state index contributed by atoms with van der Waals surface area (Å²) in [5.74, 6) is 0. The van der Waals surface area contributed by atoms with Crippen LogP contribution in [0.3, 0.4) is 0 Å². The molecule has 1 aromatic rings. The largest absolute Gasteiger partial charge is 0.472 e. The van der Waals surface area contributed by atoms with Crippen LogP contribution in [0.1, 0.15) is 11.1 Å². The van der Waals surface area contributed by atoms with Gasteiger partial charge in [0.05, 0.1) is 19.1 Å². The highest BCUT2D eigenvalue weighted by atomic mass is 79.9. The van der Waals surface area contributed by atoms with Crippen molar-refractivity contribution in [3.8, 4) is 0 Å². The number of halogens is 1. The van der Waals surface area contributed by atoms with Crippen LogP contribution < -0.4 is 0 Å². The standard InChI is InChI=1S/C6H7BrO2/c7-1-5-3-9-4-6(5)2-8/h3-4,8H,1-2H2. The summed E-state index contributed by atoms with van der Waals surface area (Å²) in [6, 6.07) is 0. The van der Waals surface area contributed by atoms with Crippen LogP contribution in [0.15, 0.2) is 16.9 Å². The van der Waals surface area contributed by atoms with Crippen molar-refractivity contribution in [2.75, 3.05) is 0 Å². The normalized spacial score (nSPS) is 10.0. The van der Waals surface area contributed by atoms with Crippen LogP contribution in [0.25, 0.3) is 0 Å². The van der Waals surface area contributed by atoms with E-state index < -0.39 is 0 Å². The molecule has 0 amide bonds. The highest BCUT2D eigenvalue weighted by Crippen LogP contribution is 2.12. The molecule has 1 rings (SSSR count). The third-order valence-corrected chi connectivity index (χ3v) is 1.75. The zero-order chi connectivity index (χ0) is 6.69. The Labute approximate surface area is 61.6 Å². The molecule has 0 fully saturated rings. The molecule has 50 valence electrons. The lowest BCUT2D eigenvalue weighted by Crippen LogP contribution is -1.82. The molecule has 0 spiro atoms. The lowest BCUT2D eigenvalue weighted by Gasteiger charge is -1.89. The van der Waals surface area contributed by atoms with Gasteiger partial charge in [0, 0.05) is 16.5 Å². The monoisotopic (exact) mass is 190 g/mol. The Morgan fingerprint density at radius 3 is 2.56 bits per heavy atom. The van der Waals surface area contributed by atoms with Gasteiger partial charge in [-0.2, -0.15) is 0 Å². The second-order valence-electron chi connectivity index (χ2n) is 1.71. The third kappa shape index (κ3) is 1.34. The molecule has 0 bridgehead atoms. The van der Waals surface area contributed by atoms with E-state index in [1.807, 2.05) is 0 Å². The maximum Gasteiger partial charge on any atom is 0.0960 e. The molecule has 1 N–H and O–H groups in total. The number of rotatable bonds is 2. The van der Waals surface area contributed by atoms with Crippen molar-refractivity contribution in [2.45, 2.75) is 11.9 Å². The lowest BCUT2D eigenvalue weighted by molar-refractivity contribution is 0.280. The average Bonchev–Trinajstić information content (AvgIpc) is 2.33. The molecule has 0 unspecified atom stereocenters. The van der Waals surface area contributed by atoms with E-state index in [0.29, 0.717) is 0 Å². The fourth-order valence-electron chi connectivity index (χ4n) is 0.606. The Morgan fingerprint density at radius 2 is 2.11 bits per heavy atom. The first kappa shape index (κ1) is 6.83. The van der Waals surface area contributed by atoms with Crippen LogP contribution >= 0.6 is 15.9 Å². The zero-order valence-electron chi connectivity index (χ0n) is 4.80. The number of hydrogen-bond donors (Lipinski definition) is 1. The van der Waals surface area contributed by atoms with Crippen LogP contribution in [-0.4, -0.2) is 5.11 Å². The van der Waals surface area contributed by atoms with Gasteiger partial charge in [-0.25, -0.2) is 0 Å². The van der Waals surface area contributed by atoms with Gasteiger partial charge in [-0.05, 0) is 0 Å². The van der Waals surface area contributed by atoms with Gasteiger partial charge in [0.15, 0.2) is 0 Å². The van der Waals surface area contributed by atoms with E-state index in [9.17, 15) is 0 Å². The maximum absolute atomic E-state index is 8.66. The van der Waals surface area contributed by atoms with Crippen LogP contribution in [0.2, 0.25) is 0 Å². The van der Waals surface area contributed by atoms with E-state index in [1.54, 1.807) is 12.5 Å². The van der Waals surface area contributed by atoms with Crippen molar-refractivity contribution in [1.29, 1.82) is 0 Å². The minimum atomic E-state index is 0.0530. The van der Waals surface area contributed by atoms with E-state index in [0.717, 1.165) is 16.5 Å². The minimum Gasteiger partial charge on any atom is -0.472 e. The van der Waals surface area contributed by atoms with Gasteiger partial charge in [0.1, 0.15) is 0 Å². The van der Waals surface area contributed by atoms with Gasteiger partial charge in [0.25, 0.3) is 0 Å². The van der Waals surface area contributed by atoms with E-state index in [-0.39, 0.29) is 6.61 Å². The predicted octanol–water partition coefficient (Wildman–Crippen LogP) is 1.67. The predicted molar refractivity (Wildman–Crippen MR) is 37.3 cm³/mol. The van der Waals surface area contributed by atoms with E-state index in [4.69, 9.17) is 9.52 Å². The first-order valence-corrected chi connectivity index (χ1v) is 3.71. The average molecular weight is 191 g/mol. The first-order chi connectivity index (χ1) is 4.38. The van der Waals surface area contributed by atoms with Gasteiger partial charge in [-0.15, -0.1) is 0 Å². The molecular weight excluding hydrogens is 184 g/mol. The molecule has 0 aliphatic heterocycles. The summed E-state index contributed by atoms with van der Waals surface area (Å²) in [5, 5.41) is 9.39. The Balaban J connectivity index is 2.85. The molecule has 0 aliphatic rings. The van der Waals surface area contributed by atoms with Crippen molar-refractivity contribution in [2.24, 2.45) is 0 Å². The summed E-state index contributed by atoms with van der Waals surface area (Å²) in [7, 11) is 0. The van der Waals surface area contributed by atoms with E-state index in [1.165, 1.54) is 0 Å².